The molecule has 0 heteroatoms. The Bertz CT molecular complexity index is 124. The summed E-state index contributed by atoms with van der Waals surface area (Å²) >= 11 is 0. The van der Waals surface area contributed by atoms with Crippen LogP contribution in [0.1, 0.15) is 44.9 Å². The van der Waals surface area contributed by atoms with E-state index in [-0.39, 0.29) is 0 Å². The van der Waals surface area contributed by atoms with Crippen LogP contribution in [0.15, 0.2) is 24.3 Å². The van der Waals surface area contributed by atoms with Gasteiger partial charge in [0.2, 0.25) is 0 Å². The monoisotopic (exact) mass is 163 g/mol. The molecule has 0 N–H and O–H groups in total. The summed E-state index contributed by atoms with van der Waals surface area (Å²) in [5.41, 5.74) is 0. The Morgan fingerprint density at radius 3 is 1.83 bits per heavy atom. The maximum atomic E-state index is 2.42. The predicted molar refractivity (Wildman–Crippen MR) is 54.9 cm³/mol. The average Bonchev–Trinajstić information content (AvgIpc) is 2.05. The summed E-state index contributed by atoms with van der Waals surface area (Å²) in [4.78, 5) is 0. The Morgan fingerprint density at radius 1 is 0.500 bits per heavy atom. The van der Waals surface area contributed by atoms with Gasteiger partial charge in [-0.25, -0.2) is 0 Å². The van der Waals surface area contributed by atoms with Crippen LogP contribution < -0.4 is 0 Å². The topological polar surface area (TPSA) is 0 Å². The second-order valence-electron chi connectivity index (χ2n) is 3.32. The molecule has 0 atom stereocenters. The molecule has 0 aromatic carbocycles. The molecular weight excluding hydrogens is 144 g/mol. The molecule has 12 heavy (non-hydrogen) atoms. The van der Waals surface area contributed by atoms with Crippen LogP contribution in [-0.4, -0.2) is 0 Å². The Hall–Kier alpha value is -0.520. The van der Waals surface area contributed by atoms with E-state index in [1.165, 1.54) is 44.9 Å². The summed E-state index contributed by atoms with van der Waals surface area (Å²) in [6, 6.07) is 0. The summed E-state index contributed by atoms with van der Waals surface area (Å²) in [5, 5.41) is 0. The molecule has 1 aliphatic rings. The smallest absolute Gasteiger partial charge is 0.0316 e. The molecule has 1 rings (SSSR count). The summed E-state index contributed by atoms with van der Waals surface area (Å²) in [5.74, 6) is 0. The van der Waals surface area contributed by atoms with Crippen molar-refractivity contribution >= 4 is 0 Å². The van der Waals surface area contributed by atoms with Gasteiger partial charge in [-0.15, -0.1) is 0 Å². The summed E-state index contributed by atoms with van der Waals surface area (Å²) in [6.07, 6.45) is 20.5. The van der Waals surface area contributed by atoms with Crippen molar-refractivity contribution < 1.29 is 0 Å². The van der Waals surface area contributed by atoms with Crippen molar-refractivity contribution in [2.75, 3.05) is 0 Å². The molecule has 0 bridgehead atoms. The zero-order valence-corrected chi connectivity index (χ0v) is 7.84. The maximum Gasteiger partial charge on any atom is -0.0316 e. The molecule has 0 saturated heterocycles. The predicted octanol–water partition coefficient (Wildman–Crippen LogP) is 4.05. The third kappa shape index (κ3) is 5.17. The Balaban J connectivity index is 2.19. The second kappa shape index (κ2) is 7.15. The molecule has 1 radical (unpaired) electrons. The molecule has 1 aliphatic carbocycles. The normalized spacial score (nSPS) is 26.7. The van der Waals surface area contributed by atoms with Gasteiger partial charge in [0, 0.05) is 0 Å². The highest BCUT2D eigenvalue weighted by Gasteiger charge is 1.89. The standard InChI is InChI=1S/C12H19/c1-2-4-6-8-10-12-11-9-7-5-3-1/h1-2,7-9H,3-6,10-12H2/b2-1-,9-7-. The van der Waals surface area contributed by atoms with Crippen molar-refractivity contribution in [1.29, 1.82) is 0 Å². The molecule has 0 spiro atoms. The largest absolute Gasteiger partial charge is 0.0885 e. The fourth-order valence-electron chi connectivity index (χ4n) is 1.40. The van der Waals surface area contributed by atoms with E-state index in [4.69, 9.17) is 0 Å². The van der Waals surface area contributed by atoms with Crippen molar-refractivity contribution in [2.24, 2.45) is 0 Å². The lowest BCUT2D eigenvalue weighted by Crippen LogP contribution is -1.79. The first-order valence-electron chi connectivity index (χ1n) is 5.12. The van der Waals surface area contributed by atoms with E-state index < -0.39 is 0 Å². The first-order valence-corrected chi connectivity index (χ1v) is 5.12. The number of hydrogen-bond donors (Lipinski definition) is 0. The zero-order chi connectivity index (χ0) is 8.49. The fourth-order valence-corrected chi connectivity index (χ4v) is 1.40. The minimum atomic E-state index is 1.22. The van der Waals surface area contributed by atoms with Gasteiger partial charge < -0.3 is 0 Å². The minimum Gasteiger partial charge on any atom is -0.0885 e. The first kappa shape index (κ1) is 9.57. The fraction of sp³-hybridized carbons (Fsp3) is 0.583. The lowest BCUT2D eigenvalue weighted by Gasteiger charge is -1.98. The third-order valence-corrected chi connectivity index (χ3v) is 2.15. The molecule has 0 nitrogen and oxygen atoms in total. The van der Waals surface area contributed by atoms with Gasteiger partial charge in [0.05, 0.1) is 0 Å². The van der Waals surface area contributed by atoms with Gasteiger partial charge in [-0.3, -0.25) is 0 Å². The van der Waals surface area contributed by atoms with Gasteiger partial charge >= 0.3 is 0 Å². The van der Waals surface area contributed by atoms with E-state index in [9.17, 15) is 0 Å². The molecule has 0 amide bonds. The molecule has 0 fully saturated rings. The molecule has 0 aromatic rings. The minimum absolute atomic E-state index is 1.22. The van der Waals surface area contributed by atoms with Crippen LogP contribution in [0.5, 0.6) is 0 Å². The highest BCUT2D eigenvalue weighted by Crippen LogP contribution is 2.07. The van der Waals surface area contributed by atoms with Crippen LogP contribution in [0, 0.1) is 6.42 Å². The quantitative estimate of drug-likeness (QED) is 0.473. The summed E-state index contributed by atoms with van der Waals surface area (Å²) in [6.45, 7) is 0. The lowest BCUT2D eigenvalue weighted by molar-refractivity contribution is 0.774. The van der Waals surface area contributed by atoms with E-state index in [0.717, 1.165) is 0 Å². The van der Waals surface area contributed by atoms with Gasteiger partial charge in [-0.1, -0.05) is 24.3 Å². The highest BCUT2D eigenvalue weighted by molar-refractivity contribution is 4.90. The van der Waals surface area contributed by atoms with E-state index >= 15 is 0 Å². The molecule has 0 unspecified atom stereocenters. The van der Waals surface area contributed by atoms with Crippen LogP contribution in [0.3, 0.4) is 0 Å². The average molecular weight is 163 g/mol. The van der Waals surface area contributed by atoms with Crippen molar-refractivity contribution in [3.63, 3.8) is 0 Å². The molecule has 0 aliphatic heterocycles. The Morgan fingerprint density at radius 2 is 1.08 bits per heavy atom. The van der Waals surface area contributed by atoms with Crippen molar-refractivity contribution in [3.05, 3.63) is 30.7 Å². The molecule has 0 heterocycles. The van der Waals surface area contributed by atoms with Crippen LogP contribution in [-0.2, 0) is 0 Å². The van der Waals surface area contributed by atoms with Crippen LogP contribution >= 0.6 is 0 Å². The maximum absolute atomic E-state index is 2.42. The number of allylic oxidation sites excluding steroid dienone is 4. The highest BCUT2D eigenvalue weighted by atomic mass is 13.9. The third-order valence-electron chi connectivity index (χ3n) is 2.15. The SMILES string of the molecule is [CH]1CC/C=C\CC/C=C\CCC1. The second-order valence-corrected chi connectivity index (χ2v) is 3.32. The van der Waals surface area contributed by atoms with Crippen molar-refractivity contribution in [3.8, 4) is 0 Å². The first-order chi connectivity index (χ1) is 6.00. The van der Waals surface area contributed by atoms with E-state index in [2.05, 4.69) is 30.7 Å². The van der Waals surface area contributed by atoms with E-state index in [1.807, 2.05) is 0 Å². The summed E-state index contributed by atoms with van der Waals surface area (Å²) < 4.78 is 0. The number of rotatable bonds is 0. The lowest BCUT2D eigenvalue weighted by atomic mass is 10.1. The van der Waals surface area contributed by atoms with Crippen LogP contribution in [0.2, 0.25) is 0 Å². The zero-order valence-electron chi connectivity index (χ0n) is 7.84. The van der Waals surface area contributed by atoms with Crippen LogP contribution in [0.25, 0.3) is 0 Å². The van der Waals surface area contributed by atoms with Crippen molar-refractivity contribution in [1.82, 2.24) is 0 Å². The van der Waals surface area contributed by atoms with Gasteiger partial charge in [-0.2, -0.15) is 0 Å². The van der Waals surface area contributed by atoms with Gasteiger partial charge in [0.15, 0.2) is 0 Å². The molecular formula is C12H19. The molecule has 67 valence electrons. The van der Waals surface area contributed by atoms with Gasteiger partial charge in [0.1, 0.15) is 0 Å². The molecule has 0 aromatic heterocycles. The van der Waals surface area contributed by atoms with Crippen molar-refractivity contribution in [2.45, 2.75) is 44.9 Å². The van der Waals surface area contributed by atoms with Gasteiger partial charge in [-0.05, 0) is 51.4 Å². The number of hydrogen-bond acceptors (Lipinski definition) is 0. The van der Waals surface area contributed by atoms with E-state index in [1.54, 1.807) is 0 Å². The van der Waals surface area contributed by atoms with Gasteiger partial charge in [0.25, 0.3) is 0 Å². The summed E-state index contributed by atoms with van der Waals surface area (Å²) in [7, 11) is 0. The molecule has 0 saturated carbocycles. The van der Waals surface area contributed by atoms with Crippen LogP contribution in [0.4, 0.5) is 0 Å². The van der Waals surface area contributed by atoms with E-state index in [0.29, 0.717) is 0 Å². The Labute approximate surface area is 76.4 Å². The Kier molecular flexibility index (Phi) is 5.70.